The smallest absolute Gasteiger partial charge is 0.0386 e. The third kappa shape index (κ3) is 1.82. The van der Waals surface area contributed by atoms with Gasteiger partial charge < -0.3 is 10.6 Å². The fourth-order valence-corrected chi connectivity index (χ4v) is 2.81. The van der Waals surface area contributed by atoms with Crippen molar-refractivity contribution in [1.82, 2.24) is 0 Å². The number of hydrogen-bond acceptors (Lipinski definition) is 2. The summed E-state index contributed by atoms with van der Waals surface area (Å²) in [6.07, 6.45) is 1.21. The van der Waals surface area contributed by atoms with Gasteiger partial charge in [-0.1, -0.05) is 12.1 Å². The average Bonchev–Trinajstić information content (AvgIpc) is 2.53. The predicted molar refractivity (Wildman–Crippen MR) is 69.8 cm³/mol. The summed E-state index contributed by atoms with van der Waals surface area (Å²) in [6, 6.07) is 8.75. The summed E-state index contributed by atoms with van der Waals surface area (Å²) in [5.74, 6) is 0.605. The van der Waals surface area contributed by atoms with Gasteiger partial charge >= 0.3 is 0 Å². The van der Waals surface area contributed by atoms with Gasteiger partial charge in [0.1, 0.15) is 0 Å². The lowest BCUT2D eigenvalue weighted by molar-refractivity contribution is 0.374. The first-order valence-electron chi connectivity index (χ1n) is 6.10. The second-order valence-electron chi connectivity index (χ2n) is 5.37. The van der Waals surface area contributed by atoms with E-state index in [9.17, 15) is 0 Å². The molecule has 1 unspecified atom stereocenters. The largest absolute Gasteiger partial charge is 0.366 e. The molecule has 1 saturated heterocycles. The van der Waals surface area contributed by atoms with Gasteiger partial charge in [-0.25, -0.2) is 0 Å². The van der Waals surface area contributed by atoms with Crippen LogP contribution >= 0.6 is 0 Å². The first-order valence-corrected chi connectivity index (χ1v) is 6.10. The van der Waals surface area contributed by atoms with Crippen LogP contribution in [0.25, 0.3) is 0 Å². The zero-order chi connectivity index (χ0) is 11.8. The van der Waals surface area contributed by atoms with Crippen LogP contribution in [0.15, 0.2) is 24.3 Å². The van der Waals surface area contributed by atoms with E-state index in [2.05, 4.69) is 49.9 Å². The van der Waals surface area contributed by atoms with Crippen LogP contribution in [0.3, 0.4) is 0 Å². The normalized spacial score (nSPS) is 23.8. The van der Waals surface area contributed by atoms with Crippen molar-refractivity contribution in [3.05, 3.63) is 29.8 Å². The van der Waals surface area contributed by atoms with Crippen molar-refractivity contribution >= 4 is 5.69 Å². The van der Waals surface area contributed by atoms with Crippen LogP contribution in [-0.4, -0.2) is 18.6 Å². The van der Waals surface area contributed by atoms with E-state index < -0.39 is 0 Å². The Morgan fingerprint density at radius 2 is 2.19 bits per heavy atom. The molecule has 1 heterocycles. The number of aryl methyl sites for hydroxylation is 1. The van der Waals surface area contributed by atoms with Crippen LogP contribution in [0.1, 0.15) is 25.8 Å². The molecular weight excluding hydrogens is 196 g/mol. The molecule has 1 atom stereocenters. The van der Waals surface area contributed by atoms with Crippen molar-refractivity contribution in [2.75, 3.05) is 18.0 Å². The molecule has 1 fully saturated rings. The van der Waals surface area contributed by atoms with E-state index in [1.165, 1.54) is 17.7 Å². The topological polar surface area (TPSA) is 29.3 Å². The molecule has 0 saturated carbocycles. The van der Waals surface area contributed by atoms with Gasteiger partial charge in [-0.15, -0.1) is 0 Å². The lowest BCUT2D eigenvalue weighted by Crippen LogP contribution is -2.44. The number of benzene rings is 1. The number of nitrogens with zero attached hydrogens (tertiary/aromatic N) is 1. The second kappa shape index (κ2) is 4.10. The summed E-state index contributed by atoms with van der Waals surface area (Å²) >= 11 is 0. The van der Waals surface area contributed by atoms with Crippen molar-refractivity contribution < 1.29 is 0 Å². The van der Waals surface area contributed by atoms with Gasteiger partial charge in [0.25, 0.3) is 0 Å². The molecule has 16 heavy (non-hydrogen) atoms. The predicted octanol–water partition coefficient (Wildman–Crippen LogP) is 2.56. The molecule has 0 bridgehead atoms. The molecule has 0 aliphatic carbocycles. The molecule has 0 radical (unpaired) electrons. The van der Waals surface area contributed by atoms with E-state index in [-0.39, 0.29) is 5.54 Å². The Morgan fingerprint density at radius 1 is 1.44 bits per heavy atom. The lowest BCUT2D eigenvalue weighted by atomic mass is 9.88. The van der Waals surface area contributed by atoms with Crippen molar-refractivity contribution in [3.8, 4) is 0 Å². The second-order valence-corrected chi connectivity index (χ2v) is 5.37. The number of rotatable bonds is 2. The van der Waals surface area contributed by atoms with Crippen molar-refractivity contribution in [3.63, 3.8) is 0 Å². The van der Waals surface area contributed by atoms with Crippen LogP contribution < -0.4 is 10.6 Å². The van der Waals surface area contributed by atoms with Gasteiger partial charge in [-0.2, -0.15) is 0 Å². The molecule has 2 rings (SSSR count). The number of anilines is 1. The van der Waals surface area contributed by atoms with E-state index in [1.54, 1.807) is 0 Å². The monoisotopic (exact) mass is 218 g/mol. The van der Waals surface area contributed by atoms with Gasteiger partial charge in [0.2, 0.25) is 0 Å². The van der Waals surface area contributed by atoms with Gasteiger partial charge in [0.15, 0.2) is 0 Å². The molecule has 1 aromatic rings. The van der Waals surface area contributed by atoms with E-state index >= 15 is 0 Å². The van der Waals surface area contributed by atoms with Gasteiger partial charge in [-0.3, -0.25) is 0 Å². The van der Waals surface area contributed by atoms with Crippen LogP contribution in [0.2, 0.25) is 0 Å². The number of nitrogens with two attached hydrogens (primary N) is 1. The molecular formula is C14H22N2. The minimum Gasteiger partial charge on any atom is -0.366 e. The maximum Gasteiger partial charge on any atom is 0.0386 e. The SMILES string of the molecule is Cc1cccc(N2CCC(CN)C2(C)C)c1. The number of hydrogen-bond donors (Lipinski definition) is 1. The van der Waals surface area contributed by atoms with Crippen LogP contribution in [0, 0.1) is 12.8 Å². The van der Waals surface area contributed by atoms with Crippen LogP contribution in [0.4, 0.5) is 5.69 Å². The molecule has 1 aliphatic rings. The standard InChI is InChI=1S/C14H22N2/c1-11-5-4-6-13(9-11)16-8-7-12(10-15)14(16,2)3/h4-6,9,12H,7-8,10,15H2,1-3H3. The summed E-state index contributed by atoms with van der Waals surface area (Å²) in [6.45, 7) is 8.67. The summed E-state index contributed by atoms with van der Waals surface area (Å²) in [5, 5.41) is 0. The molecule has 1 aliphatic heterocycles. The zero-order valence-electron chi connectivity index (χ0n) is 10.5. The van der Waals surface area contributed by atoms with E-state index in [4.69, 9.17) is 5.73 Å². The highest BCUT2D eigenvalue weighted by Crippen LogP contribution is 2.37. The quantitative estimate of drug-likeness (QED) is 0.826. The highest BCUT2D eigenvalue weighted by Gasteiger charge is 2.40. The van der Waals surface area contributed by atoms with Gasteiger partial charge in [0, 0.05) is 17.8 Å². The molecule has 1 aromatic carbocycles. The fraction of sp³-hybridized carbons (Fsp3) is 0.571. The molecule has 0 spiro atoms. The van der Waals surface area contributed by atoms with Crippen molar-refractivity contribution in [1.29, 1.82) is 0 Å². The summed E-state index contributed by atoms with van der Waals surface area (Å²) in [7, 11) is 0. The Hall–Kier alpha value is -1.02. The third-order valence-electron chi connectivity index (χ3n) is 3.99. The zero-order valence-corrected chi connectivity index (χ0v) is 10.5. The first-order chi connectivity index (χ1) is 7.55. The minimum absolute atomic E-state index is 0.183. The summed E-state index contributed by atoms with van der Waals surface area (Å²) in [4.78, 5) is 2.50. The Balaban J connectivity index is 2.29. The third-order valence-corrected chi connectivity index (χ3v) is 3.99. The molecule has 0 aromatic heterocycles. The van der Waals surface area contributed by atoms with Crippen molar-refractivity contribution in [2.24, 2.45) is 11.7 Å². The van der Waals surface area contributed by atoms with Crippen LogP contribution in [0.5, 0.6) is 0 Å². The average molecular weight is 218 g/mol. The van der Waals surface area contributed by atoms with E-state index in [1.807, 2.05) is 0 Å². The lowest BCUT2D eigenvalue weighted by Gasteiger charge is -2.37. The highest BCUT2D eigenvalue weighted by molar-refractivity contribution is 5.52. The molecule has 2 N–H and O–H groups in total. The van der Waals surface area contributed by atoms with E-state index in [0.29, 0.717) is 5.92 Å². The van der Waals surface area contributed by atoms with Gasteiger partial charge in [0.05, 0.1) is 0 Å². The fourth-order valence-electron chi connectivity index (χ4n) is 2.81. The van der Waals surface area contributed by atoms with Crippen molar-refractivity contribution in [2.45, 2.75) is 32.7 Å². The summed E-state index contributed by atoms with van der Waals surface area (Å²) in [5.41, 5.74) is 8.69. The Labute approximate surface area is 98.4 Å². The van der Waals surface area contributed by atoms with Crippen LogP contribution in [-0.2, 0) is 0 Å². The van der Waals surface area contributed by atoms with E-state index in [0.717, 1.165) is 13.1 Å². The summed E-state index contributed by atoms with van der Waals surface area (Å²) < 4.78 is 0. The maximum atomic E-state index is 5.85. The molecule has 2 heteroatoms. The minimum atomic E-state index is 0.183. The maximum absolute atomic E-state index is 5.85. The molecule has 0 amide bonds. The Kier molecular flexibility index (Phi) is 2.94. The Morgan fingerprint density at radius 3 is 2.75 bits per heavy atom. The molecule has 2 nitrogen and oxygen atoms in total. The highest BCUT2D eigenvalue weighted by atomic mass is 15.2. The van der Waals surface area contributed by atoms with Gasteiger partial charge in [-0.05, 0) is 57.4 Å². The molecule has 88 valence electrons. The Bertz CT molecular complexity index is 371. The first kappa shape index (κ1) is 11.5.